The van der Waals surface area contributed by atoms with Gasteiger partial charge in [-0.2, -0.15) is 0 Å². The van der Waals surface area contributed by atoms with Gasteiger partial charge < -0.3 is 20.9 Å². The Morgan fingerprint density at radius 1 is 1.15 bits per heavy atom. The largest absolute Gasteiger partial charge is 0.368 e. The van der Waals surface area contributed by atoms with Crippen molar-refractivity contribution in [3.8, 4) is 0 Å². The molecule has 1 aromatic carbocycles. The molecule has 1 aliphatic heterocycles. The number of carbonyl (C=O) groups excluding carboxylic acids is 1. The maximum absolute atomic E-state index is 12.0. The molecule has 7 nitrogen and oxygen atoms in total. The van der Waals surface area contributed by atoms with Gasteiger partial charge in [0.05, 0.1) is 0 Å². The molecule has 26 heavy (non-hydrogen) atoms. The maximum atomic E-state index is 12.0. The monoisotopic (exact) mass is 354 g/mol. The van der Waals surface area contributed by atoms with Crippen LogP contribution in [0.1, 0.15) is 25.3 Å². The van der Waals surface area contributed by atoms with Gasteiger partial charge >= 0.3 is 6.03 Å². The van der Waals surface area contributed by atoms with Crippen LogP contribution >= 0.6 is 0 Å². The van der Waals surface area contributed by atoms with Gasteiger partial charge in [-0.25, -0.2) is 14.8 Å². The van der Waals surface area contributed by atoms with Crippen LogP contribution in [0.3, 0.4) is 0 Å². The number of urea groups is 1. The third kappa shape index (κ3) is 5.08. The molecule has 1 saturated heterocycles. The SMILES string of the molecule is CCc1cccc(NC(=O)NCCNc2cc(N3CCCC3)ncn2)c1. The Kier molecular flexibility index (Phi) is 6.24. The van der Waals surface area contributed by atoms with Crippen molar-refractivity contribution in [1.29, 1.82) is 0 Å². The van der Waals surface area contributed by atoms with Crippen LogP contribution in [0.25, 0.3) is 0 Å². The van der Waals surface area contributed by atoms with Gasteiger partial charge in [-0.05, 0) is 37.0 Å². The Hall–Kier alpha value is -2.83. The average Bonchev–Trinajstić information content (AvgIpc) is 3.20. The third-order valence-corrected chi connectivity index (χ3v) is 4.39. The highest BCUT2D eigenvalue weighted by Crippen LogP contribution is 2.19. The molecular formula is C19H26N6O. The zero-order chi connectivity index (χ0) is 18.2. The van der Waals surface area contributed by atoms with Crippen molar-refractivity contribution in [3.63, 3.8) is 0 Å². The number of hydrogen-bond acceptors (Lipinski definition) is 5. The van der Waals surface area contributed by atoms with Gasteiger partial charge in [0.25, 0.3) is 0 Å². The Morgan fingerprint density at radius 2 is 2.00 bits per heavy atom. The first-order valence-electron chi connectivity index (χ1n) is 9.19. The lowest BCUT2D eigenvalue weighted by Crippen LogP contribution is -2.32. The number of nitrogens with zero attached hydrogens (tertiary/aromatic N) is 3. The van der Waals surface area contributed by atoms with Crippen LogP contribution in [0.2, 0.25) is 0 Å². The molecule has 0 atom stereocenters. The highest BCUT2D eigenvalue weighted by molar-refractivity contribution is 5.89. The van der Waals surface area contributed by atoms with Crippen LogP contribution in [0.4, 0.5) is 22.1 Å². The van der Waals surface area contributed by atoms with Gasteiger partial charge in [0.15, 0.2) is 0 Å². The van der Waals surface area contributed by atoms with Crippen LogP contribution in [0, 0.1) is 0 Å². The number of hydrogen-bond donors (Lipinski definition) is 3. The van der Waals surface area contributed by atoms with Gasteiger partial charge in [0, 0.05) is 37.9 Å². The van der Waals surface area contributed by atoms with Gasteiger partial charge in [0.2, 0.25) is 0 Å². The van der Waals surface area contributed by atoms with Crippen molar-refractivity contribution < 1.29 is 4.79 Å². The molecule has 0 saturated carbocycles. The summed E-state index contributed by atoms with van der Waals surface area (Å²) in [4.78, 5) is 22.8. The predicted octanol–water partition coefficient (Wildman–Crippen LogP) is 2.87. The van der Waals surface area contributed by atoms with E-state index >= 15 is 0 Å². The molecule has 2 heterocycles. The molecule has 3 N–H and O–H groups in total. The summed E-state index contributed by atoms with van der Waals surface area (Å²) in [5, 5.41) is 8.92. The Labute approximate surface area is 154 Å². The summed E-state index contributed by atoms with van der Waals surface area (Å²) >= 11 is 0. The van der Waals surface area contributed by atoms with Gasteiger partial charge in [-0.15, -0.1) is 0 Å². The predicted molar refractivity (Wildman–Crippen MR) is 105 cm³/mol. The number of benzene rings is 1. The van der Waals surface area contributed by atoms with Crippen LogP contribution in [0.15, 0.2) is 36.7 Å². The summed E-state index contributed by atoms with van der Waals surface area (Å²) in [7, 11) is 0. The number of rotatable bonds is 7. The first-order chi connectivity index (χ1) is 12.7. The Balaban J connectivity index is 1.41. The van der Waals surface area contributed by atoms with Crippen molar-refractivity contribution in [2.45, 2.75) is 26.2 Å². The maximum Gasteiger partial charge on any atom is 0.319 e. The standard InChI is InChI=1S/C19H26N6O/c1-2-15-6-5-7-16(12-15)24-19(26)21-9-8-20-17-13-18(23-14-22-17)25-10-3-4-11-25/h5-7,12-14H,2-4,8-11H2,1H3,(H,20,22,23)(H2,21,24,26). The lowest BCUT2D eigenvalue weighted by atomic mass is 10.1. The van der Waals surface area contributed by atoms with Gasteiger partial charge in [-0.1, -0.05) is 19.1 Å². The van der Waals surface area contributed by atoms with E-state index in [-0.39, 0.29) is 6.03 Å². The second kappa shape index (κ2) is 9.03. The highest BCUT2D eigenvalue weighted by atomic mass is 16.2. The summed E-state index contributed by atoms with van der Waals surface area (Å²) in [6.45, 7) is 5.29. The van der Waals surface area contributed by atoms with Crippen LogP contribution < -0.4 is 20.9 Å². The van der Waals surface area contributed by atoms with E-state index in [2.05, 4.69) is 37.7 Å². The number of nitrogens with one attached hydrogen (secondary N) is 3. The molecule has 1 fully saturated rings. The molecule has 1 aromatic heterocycles. The smallest absolute Gasteiger partial charge is 0.319 e. The van der Waals surface area contributed by atoms with Crippen LogP contribution in [-0.4, -0.2) is 42.2 Å². The zero-order valence-corrected chi connectivity index (χ0v) is 15.2. The zero-order valence-electron chi connectivity index (χ0n) is 15.2. The molecule has 2 aromatic rings. The van der Waals surface area contributed by atoms with E-state index in [0.29, 0.717) is 13.1 Å². The Morgan fingerprint density at radius 3 is 2.81 bits per heavy atom. The lowest BCUT2D eigenvalue weighted by molar-refractivity contribution is 0.252. The van der Waals surface area contributed by atoms with Crippen LogP contribution in [-0.2, 0) is 6.42 Å². The number of aryl methyl sites for hydroxylation is 1. The molecule has 1 aliphatic rings. The fraction of sp³-hybridized carbons (Fsp3) is 0.421. The topological polar surface area (TPSA) is 82.2 Å². The lowest BCUT2D eigenvalue weighted by Gasteiger charge is -2.16. The summed E-state index contributed by atoms with van der Waals surface area (Å²) in [6, 6.07) is 9.62. The minimum atomic E-state index is -0.208. The molecule has 0 unspecified atom stereocenters. The first-order valence-corrected chi connectivity index (χ1v) is 9.19. The quantitative estimate of drug-likeness (QED) is 0.666. The van der Waals surface area contributed by atoms with Gasteiger partial charge in [-0.3, -0.25) is 0 Å². The fourth-order valence-corrected chi connectivity index (χ4v) is 2.97. The van der Waals surface area contributed by atoms with E-state index in [0.717, 1.165) is 36.8 Å². The normalized spacial score (nSPS) is 13.5. The molecule has 7 heteroatoms. The van der Waals surface area contributed by atoms with E-state index in [1.165, 1.54) is 18.4 Å². The highest BCUT2D eigenvalue weighted by Gasteiger charge is 2.13. The average molecular weight is 354 g/mol. The first kappa shape index (κ1) is 18.0. The van der Waals surface area contributed by atoms with E-state index in [4.69, 9.17) is 0 Å². The number of aromatic nitrogens is 2. The van der Waals surface area contributed by atoms with Crippen molar-refractivity contribution in [3.05, 3.63) is 42.2 Å². The van der Waals surface area contributed by atoms with E-state index in [9.17, 15) is 4.79 Å². The second-order valence-electron chi connectivity index (χ2n) is 6.32. The minimum Gasteiger partial charge on any atom is -0.368 e. The Bertz CT molecular complexity index is 729. The molecular weight excluding hydrogens is 328 g/mol. The van der Waals surface area contributed by atoms with E-state index in [1.54, 1.807) is 6.33 Å². The van der Waals surface area contributed by atoms with Crippen molar-refractivity contribution in [2.24, 2.45) is 0 Å². The number of carbonyl (C=O) groups is 1. The number of amides is 2. The van der Waals surface area contributed by atoms with Crippen molar-refractivity contribution in [1.82, 2.24) is 15.3 Å². The van der Waals surface area contributed by atoms with Crippen molar-refractivity contribution >= 4 is 23.4 Å². The van der Waals surface area contributed by atoms with E-state index < -0.39 is 0 Å². The molecule has 3 rings (SSSR count). The molecule has 0 bridgehead atoms. The van der Waals surface area contributed by atoms with Crippen LogP contribution in [0.5, 0.6) is 0 Å². The molecule has 138 valence electrons. The molecule has 0 aliphatic carbocycles. The fourth-order valence-electron chi connectivity index (χ4n) is 2.97. The minimum absolute atomic E-state index is 0.208. The van der Waals surface area contributed by atoms with Gasteiger partial charge in [0.1, 0.15) is 18.0 Å². The summed E-state index contributed by atoms with van der Waals surface area (Å²) in [5.41, 5.74) is 2.00. The summed E-state index contributed by atoms with van der Waals surface area (Å²) in [6.07, 6.45) is 4.95. The van der Waals surface area contributed by atoms with E-state index in [1.807, 2.05) is 30.3 Å². The van der Waals surface area contributed by atoms with Crippen molar-refractivity contribution in [2.75, 3.05) is 41.7 Å². The molecule has 2 amide bonds. The summed E-state index contributed by atoms with van der Waals surface area (Å²) in [5.74, 6) is 1.74. The molecule has 0 spiro atoms. The summed E-state index contributed by atoms with van der Waals surface area (Å²) < 4.78 is 0. The number of anilines is 3. The third-order valence-electron chi connectivity index (χ3n) is 4.39. The molecule has 0 radical (unpaired) electrons. The second-order valence-corrected chi connectivity index (χ2v) is 6.32.